The SMILES string of the molecule is COc1ccc(Br)cc1C1CC(=O)NC(=O)C1C. The summed E-state index contributed by atoms with van der Waals surface area (Å²) in [5.74, 6) is -0.134. The van der Waals surface area contributed by atoms with Gasteiger partial charge < -0.3 is 4.74 Å². The maximum atomic E-state index is 11.7. The zero-order valence-corrected chi connectivity index (χ0v) is 11.8. The maximum Gasteiger partial charge on any atom is 0.230 e. The number of benzene rings is 1. The van der Waals surface area contributed by atoms with E-state index in [2.05, 4.69) is 21.2 Å². The van der Waals surface area contributed by atoms with Crippen molar-refractivity contribution in [2.75, 3.05) is 7.11 Å². The first-order valence-electron chi connectivity index (χ1n) is 5.70. The molecule has 2 atom stereocenters. The van der Waals surface area contributed by atoms with Gasteiger partial charge in [-0.1, -0.05) is 22.9 Å². The number of amides is 2. The van der Waals surface area contributed by atoms with Crippen molar-refractivity contribution in [2.45, 2.75) is 19.3 Å². The summed E-state index contributed by atoms with van der Waals surface area (Å²) < 4.78 is 6.21. The Labute approximate surface area is 114 Å². The van der Waals surface area contributed by atoms with E-state index in [9.17, 15) is 9.59 Å². The molecule has 1 aliphatic heterocycles. The minimum absolute atomic E-state index is 0.140. The lowest BCUT2D eigenvalue weighted by Crippen LogP contribution is -2.43. The van der Waals surface area contributed by atoms with E-state index in [4.69, 9.17) is 4.74 Å². The molecule has 0 spiro atoms. The molecule has 0 aromatic heterocycles. The zero-order valence-electron chi connectivity index (χ0n) is 10.2. The van der Waals surface area contributed by atoms with Gasteiger partial charge in [-0.15, -0.1) is 0 Å². The van der Waals surface area contributed by atoms with Crippen molar-refractivity contribution < 1.29 is 14.3 Å². The van der Waals surface area contributed by atoms with Crippen molar-refractivity contribution in [3.05, 3.63) is 28.2 Å². The second-order valence-electron chi connectivity index (χ2n) is 4.40. The predicted octanol–water partition coefficient (Wildman–Crippen LogP) is 2.22. The Morgan fingerprint density at radius 2 is 2.11 bits per heavy atom. The number of carbonyl (C=O) groups excluding carboxylic acids is 2. The van der Waals surface area contributed by atoms with Gasteiger partial charge in [0, 0.05) is 22.7 Å². The number of carbonyl (C=O) groups is 2. The van der Waals surface area contributed by atoms with Gasteiger partial charge in [-0.2, -0.15) is 0 Å². The fourth-order valence-corrected chi connectivity index (χ4v) is 2.61. The van der Waals surface area contributed by atoms with Gasteiger partial charge in [0.1, 0.15) is 5.75 Å². The third-order valence-electron chi connectivity index (χ3n) is 3.28. The standard InChI is InChI=1S/C13H14BrNO3/c1-7-9(6-12(16)15-13(7)17)10-5-8(14)3-4-11(10)18-2/h3-5,7,9H,6H2,1-2H3,(H,15,16,17). The zero-order chi connectivity index (χ0) is 13.3. The normalized spacial score (nSPS) is 23.7. The van der Waals surface area contributed by atoms with Crippen LogP contribution in [0.4, 0.5) is 0 Å². The molecule has 2 unspecified atom stereocenters. The molecule has 2 rings (SSSR count). The van der Waals surface area contributed by atoms with Crippen LogP contribution in [0.2, 0.25) is 0 Å². The predicted molar refractivity (Wildman–Crippen MR) is 70.4 cm³/mol. The number of imide groups is 1. The van der Waals surface area contributed by atoms with Gasteiger partial charge in [0.05, 0.1) is 7.11 Å². The van der Waals surface area contributed by atoms with Crippen molar-refractivity contribution in [2.24, 2.45) is 5.92 Å². The summed E-state index contributed by atoms with van der Waals surface area (Å²) in [7, 11) is 1.59. The van der Waals surface area contributed by atoms with Crippen LogP contribution in [0, 0.1) is 5.92 Å². The van der Waals surface area contributed by atoms with Crippen LogP contribution in [-0.2, 0) is 9.59 Å². The summed E-state index contributed by atoms with van der Waals surface area (Å²) in [6.07, 6.45) is 0.305. The van der Waals surface area contributed by atoms with E-state index < -0.39 is 0 Å². The maximum absolute atomic E-state index is 11.7. The van der Waals surface area contributed by atoms with Crippen LogP contribution in [0.25, 0.3) is 0 Å². The van der Waals surface area contributed by atoms with Crippen molar-refractivity contribution in [3.63, 3.8) is 0 Å². The Hall–Kier alpha value is -1.36. The lowest BCUT2D eigenvalue weighted by Gasteiger charge is -2.28. The van der Waals surface area contributed by atoms with Gasteiger partial charge in [-0.3, -0.25) is 14.9 Å². The molecule has 0 bridgehead atoms. The highest BCUT2D eigenvalue weighted by molar-refractivity contribution is 9.10. The summed E-state index contributed by atoms with van der Waals surface area (Å²) >= 11 is 3.40. The lowest BCUT2D eigenvalue weighted by molar-refractivity contribution is -0.136. The van der Waals surface area contributed by atoms with E-state index in [-0.39, 0.29) is 23.7 Å². The number of nitrogens with one attached hydrogen (secondary N) is 1. The smallest absolute Gasteiger partial charge is 0.230 e. The highest BCUT2D eigenvalue weighted by Crippen LogP contribution is 2.37. The number of halogens is 1. The van der Waals surface area contributed by atoms with E-state index in [1.54, 1.807) is 7.11 Å². The van der Waals surface area contributed by atoms with Gasteiger partial charge >= 0.3 is 0 Å². The van der Waals surface area contributed by atoms with Gasteiger partial charge in [-0.05, 0) is 23.8 Å². The first-order valence-corrected chi connectivity index (χ1v) is 6.49. The monoisotopic (exact) mass is 311 g/mol. The first-order chi connectivity index (χ1) is 8.52. The number of piperidine rings is 1. The summed E-state index contributed by atoms with van der Waals surface area (Å²) in [4.78, 5) is 23.2. The van der Waals surface area contributed by atoms with Crippen molar-refractivity contribution in [1.29, 1.82) is 0 Å². The third kappa shape index (κ3) is 2.41. The molecule has 0 saturated carbocycles. The van der Waals surface area contributed by atoms with Crippen LogP contribution < -0.4 is 10.1 Å². The molecule has 4 nitrogen and oxygen atoms in total. The van der Waals surface area contributed by atoms with Crippen LogP contribution >= 0.6 is 15.9 Å². The molecule has 18 heavy (non-hydrogen) atoms. The summed E-state index contributed by atoms with van der Waals surface area (Å²) in [6, 6.07) is 5.62. The number of methoxy groups -OCH3 is 1. The largest absolute Gasteiger partial charge is 0.496 e. The fraction of sp³-hybridized carbons (Fsp3) is 0.385. The van der Waals surface area contributed by atoms with Crippen LogP contribution in [-0.4, -0.2) is 18.9 Å². The Morgan fingerprint density at radius 3 is 2.78 bits per heavy atom. The quantitative estimate of drug-likeness (QED) is 0.852. The van der Waals surface area contributed by atoms with E-state index in [0.29, 0.717) is 12.2 Å². The molecular formula is C13H14BrNO3. The number of rotatable bonds is 2. The van der Waals surface area contributed by atoms with Gasteiger partial charge in [0.25, 0.3) is 0 Å². The Morgan fingerprint density at radius 1 is 1.39 bits per heavy atom. The Bertz CT molecular complexity index is 501. The molecule has 96 valence electrons. The van der Waals surface area contributed by atoms with Crippen molar-refractivity contribution in [1.82, 2.24) is 5.32 Å². The van der Waals surface area contributed by atoms with Crippen LogP contribution in [0.3, 0.4) is 0 Å². The lowest BCUT2D eigenvalue weighted by atomic mass is 9.81. The molecule has 1 N–H and O–H groups in total. The van der Waals surface area contributed by atoms with E-state index >= 15 is 0 Å². The minimum atomic E-state index is -0.245. The van der Waals surface area contributed by atoms with Crippen LogP contribution in [0.5, 0.6) is 5.75 Å². The number of hydrogen-bond acceptors (Lipinski definition) is 3. The Kier molecular flexibility index (Phi) is 3.71. The van der Waals surface area contributed by atoms with Crippen molar-refractivity contribution in [3.8, 4) is 5.75 Å². The highest BCUT2D eigenvalue weighted by atomic mass is 79.9. The second kappa shape index (κ2) is 5.10. The van der Waals surface area contributed by atoms with Gasteiger partial charge in [-0.25, -0.2) is 0 Å². The van der Waals surface area contributed by atoms with Crippen LogP contribution in [0.1, 0.15) is 24.8 Å². The minimum Gasteiger partial charge on any atom is -0.496 e. The fourth-order valence-electron chi connectivity index (χ4n) is 2.24. The van der Waals surface area contributed by atoms with Crippen LogP contribution in [0.15, 0.2) is 22.7 Å². The molecule has 1 aliphatic rings. The summed E-state index contributed by atoms with van der Waals surface area (Å²) in [5, 5.41) is 2.35. The molecule has 1 heterocycles. The van der Waals surface area contributed by atoms with Gasteiger partial charge in [0.2, 0.25) is 11.8 Å². The van der Waals surface area contributed by atoms with Gasteiger partial charge in [0.15, 0.2) is 0 Å². The topological polar surface area (TPSA) is 55.4 Å². The van der Waals surface area contributed by atoms with E-state index in [1.807, 2.05) is 25.1 Å². The van der Waals surface area contributed by atoms with Crippen molar-refractivity contribution >= 4 is 27.7 Å². The molecular weight excluding hydrogens is 298 g/mol. The number of hydrogen-bond donors (Lipinski definition) is 1. The molecule has 2 amide bonds. The van der Waals surface area contributed by atoms with E-state index in [1.165, 1.54) is 0 Å². The molecule has 1 aromatic rings. The molecule has 0 aliphatic carbocycles. The third-order valence-corrected chi connectivity index (χ3v) is 3.77. The van der Waals surface area contributed by atoms with E-state index in [0.717, 1.165) is 10.0 Å². The molecule has 1 saturated heterocycles. The first kappa shape index (κ1) is 13.1. The average Bonchev–Trinajstić information content (AvgIpc) is 2.33. The molecule has 1 fully saturated rings. The highest BCUT2D eigenvalue weighted by Gasteiger charge is 2.35. The molecule has 0 radical (unpaired) electrons. The second-order valence-corrected chi connectivity index (χ2v) is 5.31. The summed E-state index contributed by atoms with van der Waals surface area (Å²) in [6.45, 7) is 1.83. The Balaban J connectivity index is 2.43. The summed E-state index contributed by atoms with van der Waals surface area (Å²) in [5.41, 5.74) is 0.891. The molecule has 5 heteroatoms. The number of ether oxygens (including phenoxy) is 1. The average molecular weight is 312 g/mol. The molecule has 1 aromatic carbocycles.